The van der Waals surface area contributed by atoms with E-state index in [1.54, 1.807) is 18.2 Å². The molecule has 0 fully saturated rings. The first kappa shape index (κ1) is 18.5. The Balaban J connectivity index is 2.22. The van der Waals surface area contributed by atoms with Crippen molar-refractivity contribution in [2.45, 2.75) is 11.3 Å². The zero-order valence-corrected chi connectivity index (χ0v) is 15.0. The standard InChI is InChI=1S/C15H14Cl2N2O4S/c1-24(22,23)15-9-10(19(20)21)5-6-14(15)18-8-7-11-12(16)3-2-4-13(11)17/h2-6,9,18H,7-8H2,1H3. The molecular weight excluding hydrogens is 375 g/mol. The molecule has 0 bridgehead atoms. The number of halogens is 2. The van der Waals surface area contributed by atoms with Crippen molar-refractivity contribution in [2.75, 3.05) is 18.1 Å². The van der Waals surface area contributed by atoms with Crippen LogP contribution in [0.5, 0.6) is 0 Å². The molecule has 0 saturated carbocycles. The molecule has 0 saturated heterocycles. The molecule has 0 radical (unpaired) electrons. The van der Waals surface area contributed by atoms with E-state index in [0.717, 1.165) is 17.9 Å². The van der Waals surface area contributed by atoms with Crippen molar-refractivity contribution in [1.29, 1.82) is 0 Å². The van der Waals surface area contributed by atoms with Crippen molar-refractivity contribution in [3.05, 3.63) is 62.1 Å². The van der Waals surface area contributed by atoms with Crippen LogP contribution in [0.1, 0.15) is 5.56 Å². The maximum atomic E-state index is 11.9. The average Bonchev–Trinajstić information content (AvgIpc) is 2.49. The molecule has 2 aromatic carbocycles. The fraction of sp³-hybridized carbons (Fsp3) is 0.200. The lowest BCUT2D eigenvalue weighted by atomic mass is 10.1. The van der Waals surface area contributed by atoms with E-state index in [0.29, 0.717) is 28.7 Å². The summed E-state index contributed by atoms with van der Waals surface area (Å²) in [5, 5.41) is 14.8. The van der Waals surface area contributed by atoms with Gasteiger partial charge in [0.05, 0.1) is 15.5 Å². The second kappa shape index (κ2) is 7.38. The zero-order chi connectivity index (χ0) is 17.9. The van der Waals surface area contributed by atoms with Crippen molar-refractivity contribution in [2.24, 2.45) is 0 Å². The van der Waals surface area contributed by atoms with Gasteiger partial charge in [-0.15, -0.1) is 0 Å². The molecule has 24 heavy (non-hydrogen) atoms. The zero-order valence-electron chi connectivity index (χ0n) is 12.6. The number of benzene rings is 2. The van der Waals surface area contributed by atoms with E-state index in [2.05, 4.69) is 5.32 Å². The summed E-state index contributed by atoms with van der Waals surface area (Å²) in [6.07, 6.45) is 1.47. The second-order valence-corrected chi connectivity index (χ2v) is 7.89. The van der Waals surface area contributed by atoms with Gasteiger partial charge >= 0.3 is 0 Å². The molecule has 0 aliphatic rings. The molecule has 6 nitrogen and oxygen atoms in total. The number of rotatable bonds is 6. The number of sulfone groups is 1. The Hall–Kier alpha value is -1.83. The molecule has 0 spiro atoms. The predicted molar refractivity (Wildman–Crippen MR) is 94.9 cm³/mol. The highest BCUT2D eigenvalue weighted by Gasteiger charge is 2.18. The van der Waals surface area contributed by atoms with Crippen molar-refractivity contribution < 1.29 is 13.3 Å². The summed E-state index contributed by atoms with van der Waals surface area (Å²) in [6, 6.07) is 8.84. The average molecular weight is 389 g/mol. The van der Waals surface area contributed by atoms with Gasteiger partial charge in [0.15, 0.2) is 9.84 Å². The van der Waals surface area contributed by atoms with Crippen LogP contribution in [0.15, 0.2) is 41.3 Å². The Morgan fingerprint density at radius 3 is 2.33 bits per heavy atom. The highest BCUT2D eigenvalue weighted by Crippen LogP contribution is 2.28. The topological polar surface area (TPSA) is 89.3 Å². The third kappa shape index (κ3) is 4.37. The van der Waals surface area contributed by atoms with Crippen molar-refractivity contribution in [3.63, 3.8) is 0 Å². The number of nitrogens with zero attached hydrogens (tertiary/aromatic N) is 1. The number of non-ortho nitro benzene ring substituents is 1. The van der Waals surface area contributed by atoms with Crippen LogP contribution in [0, 0.1) is 10.1 Å². The van der Waals surface area contributed by atoms with Gasteiger partial charge in [-0.25, -0.2) is 8.42 Å². The Labute approximate surface area is 149 Å². The Bertz CT molecular complexity index is 865. The van der Waals surface area contributed by atoms with Crippen LogP contribution >= 0.6 is 23.2 Å². The normalized spacial score (nSPS) is 11.3. The van der Waals surface area contributed by atoms with Gasteiger partial charge in [-0.1, -0.05) is 29.3 Å². The largest absolute Gasteiger partial charge is 0.384 e. The monoisotopic (exact) mass is 388 g/mol. The van der Waals surface area contributed by atoms with Gasteiger partial charge < -0.3 is 5.32 Å². The molecule has 9 heteroatoms. The minimum Gasteiger partial charge on any atom is -0.384 e. The number of anilines is 1. The molecule has 0 heterocycles. The highest BCUT2D eigenvalue weighted by atomic mass is 35.5. The lowest BCUT2D eigenvalue weighted by Gasteiger charge is -2.12. The molecular formula is C15H14Cl2N2O4S. The van der Waals surface area contributed by atoms with E-state index in [-0.39, 0.29) is 10.6 Å². The van der Waals surface area contributed by atoms with Gasteiger partial charge in [0, 0.05) is 35.0 Å². The quantitative estimate of drug-likeness (QED) is 0.597. The van der Waals surface area contributed by atoms with Crippen LogP contribution < -0.4 is 5.32 Å². The van der Waals surface area contributed by atoms with E-state index >= 15 is 0 Å². The first-order valence-corrected chi connectivity index (χ1v) is 9.50. The Kier molecular flexibility index (Phi) is 5.69. The van der Waals surface area contributed by atoms with E-state index in [1.165, 1.54) is 12.1 Å². The summed E-state index contributed by atoms with van der Waals surface area (Å²) in [5.74, 6) is 0. The Morgan fingerprint density at radius 2 is 1.79 bits per heavy atom. The number of hydrogen-bond donors (Lipinski definition) is 1. The number of nitro benzene ring substituents is 1. The van der Waals surface area contributed by atoms with Gasteiger partial charge in [-0.05, 0) is 30.2 Å². The molecule has 0 aromatic heterocycles. The fourth-order valence-electron chi connectivity index (χ4n) is 2.17. The molecule has 2 aromatic rings. The number of nitrogens with one attached hydrogen (secondary N) is 1. The number of hydrogen-bond acceptors (Lipinski definition) is 5. The van der Waals surface area contributed by atoms with Crippen molar-refractivity contribution in [1.82, 2.24) is 0 Å². The van der Waals surface area contributed by atoms with E-state index in [1.807, 2.05) is 0 Å². The molecule has 0 amide bonds. The molecule has 0 aliphatic carbocycles. The maximum absolute atomic E-state index is 11.9. The molecule has 0 aliphatic heterocycles. The van der Waals surface area contributed by atoms with E-state index in [4.69, 9.17) is 23.2 Å². The first-order valence-electron chi connectivity index (χ1n) is 6.85. The van der Waals surface area contributed by atoms with Gasteiger partial charge in [-0.2, -0.15) is 0 Å². The lowest BCUT2D eigenvalue weighted by molar-refractivity contribution is -0.385. The third-order valence-corrected chi connectivity index (χ3v) is 5.17. The van der Waals surface area contributed by atoms with Gasteiger partial charge in [-0.3, -0.25) is 10.1 Å². The van der Waals surface area contributed by atoms with Crippen LogP contribution in [0.25, 0.3) is 0 Å². The summed E-state index contributed by atoms with van der Waals surface area (Å²) < 4.78 is 23.7. The van der Waals surface area contributed by atoms with E-state index in [9.17, 15) is 18.5 Å². The first-order chi connectivity index (χ1) is 11.2. The predicted octanol–water partition coefficient (Wildman–Crippen LogP) is 3.96. The van der Waals surface area contributed by atoms with Crippen LogP contribution in [0.4, 0.5) is 11.4 Å². The number of nitro groups is 1. The Morgan fingerprint density at radius 1 is 1.17 bits per heavy atom. The molecule has 1 N–H and O–H groups in total. The van der Waals surface area contributed by atoms with Crippen LogP contribution in [0.3, 0.4) is 0 Å². The summed E-state index contributed by atoms with van der Waals surface area (Å²) in [7, 11) is -3.62. The summed E-state index contributed by atoms with van der Waals surface area (Å²) in [5.41, 5.74) is 0.762. The van der Waals surface area contributed by atoms with Crippen molar-refractivity contribution >= 4 is 44.4 Å². The highest BCUT2D eigenvalue weighted by molar-refractivity contribution is 7.90. The van der Waals surface area contributed by atoms with Gasteiger partial charge in [0.1, 0.15) is 0 Å². The van der Waals surface area contributed by atoms with E-state index < -0.39 is 14.8 Å². The summed E-state index contributed by atoms with van der Waals surface area (Å²) >= 11 is 12.2. The third-order valence-electron chi connectivity index (χ3n) is 3.33. The van der Waals surface area contributed by atoms with Crippen LogP contribution in [-0.2, 0) is 16.3 Å². The molecule has 0 atom stereocenters. The summed E-state index contributed by atoms with van der Waals surface area (Å²) in [4.78, 5) is 10.1. The molecule has 0 unspecified atom stereocenters. The molecule has 2 rings (SSSR count). The van der Waals surface area contributed by atoms with Crippen molar-refractivity contribution in [3.8, 4) is 0 Å². The van der Waals surface area contributed by atoms with Gasteiger partial charge in [0.25, 0.3) is 5.69 Å². The smallest absolute Gasteiger partial charge is 0.270 e. The maximum Gasteiger partial charge on any atom is 0.270 e. The second-order valence-electron chi connectivity index (χ2n) is 5.09. The van der Waals surface area contributed by atoms with Crippen LogP contribution in [0.2, 0.25) is 10.0 Å². The summed E-state index contributed by atoms with van der Waals surface area (Å²) in [6.45, 7) is 0.365. The van der Waals surface area contributed by atoms with Gasteiger partial charge in [0.2, 0.25) is 0 Å². The minimum atomic E-state index is -3.62. The fourth-order valence-corrected chi connectivity index (χ4v) is 3.63. The SMILES string of the molecule is CS(=O)(=O)c1cc([N+](=O)[O-])ccc1NCCc1c(Cl)cccc1Cl. The minimum absolute atomic E-state index is 0.123. The van der Waals surface area contributed by atoms with Crippen LogP contribution in [-0.4, -0.2) is 26.1 Å². The lowest BCUT2D eigenvalue weighted by Crippen LogP contribution is -2.10. The molecule has 128 valence electrons.